The fraction of sp³-hybridized carbons (Fsp3) is 0.571. The van der Waals surface area contributed by atoms with Crippen LogP contribution in [0.5, 0.6) is 0 Å². The number of allylic oxidation sites excluding steroid dienone is 1. The van der Waals surface area contributed by atoms with Gasteiger partial charge in [0, 0.05) is 12.5 Å². The van der Waals surface area contributed by atoms with Gasteiger partial charge in [0.2, 0.25) is 5.91 Å². The number of rotatable bonds is 3. The van der Waals surface area contributed by atoms with E-state index in [0.717, 1.165) is 25.8 Å². The molecule has 126 valence electrons. The predicted octanol–water partition coefficient (Wildman–Crippen LogP) is 5.35. The van der Waals surface area contributed by atoms with E-state index in [4.69, 9.17) is 0 Å². The third-order valence-corrected chi connectivity index (χ3v) is 4.68. The minimum atomic E-state index is 0.135. The lowest BCUT2D eigenvalue weighted by Crippen LogP contribution is -2.31. The minimum Gasteiger partial charge on any atom is -0.356 e. The van der Waals surface area contributed by atoms with Crippen LogP contribution in [-0.2, 0) is 4.79 Å². The van der Waals surface area contributed by atoms with Crippen LogP contribution in [0.3, 0.4) is 0 Å². The van der Waals surface area contributed by atoms with Crippen molar-refractivity contribution in [3.63, 3.8) is 0 Å². The first-order chi connectivity index (χ1) is 11.4. The number of nitrogens with one attached hydrogen (secondary N) is 1. The zero-order valence-corrected chi connectivity index (χ0v) is 14.3. The maximum absolute atomic E-state index is 12.4. The Hall–Kier alpha value is -1.57. The molecule has 1 atom stereocenters. The molecule has 2 nitrogen and oxygen atoms in total. The molecule has 23 heavy (non-hydrogen) atoms. The predicted molar refractivity (Wildman–Crippen MR) is 98.1 cm³/mol. The Kier molecular flexibility index (Phi) is 8.53. The van der Waals surface area contributed by atoms with Gasteiger partial charge in [0.25, 0.3) is 0 Å². The molecular formula is C21H31NO. The number of carbonyl (C=O) groups excluding carboxylic acids is 1. The van der Waals surface area contributed by atoms with E-state index in [9.17, 15) is 4.79 Å². The lowest BCUT2D eigenvalue weighted by atomic mass is 9.95. The van der Waals surface area contributed by atoms with Crippen LogP contribution in [0.2, 0.25) is 0 Å². The third-order valence-electron chi connectivity index (χ3n) is 4.68. The van der Waals surface area contributed by atoms with Gasteiger partial charge in [-0.05, 0) is 24.8 Å². The van der Waals surface area contributed by atoms with Gasteiger partial charge in [0.15, 0.2) is 0 Å². The van der Waals surface area contributed by atoms with Gasteiger partial charge in [-0.2, -0.15) is 0 Å². The van der Waals surface area contributed by atoms with E-state index in [2.05, 4.69) is 29.6 Å². The average molecular weight is 313 g/mol. The highest BCUT2D eigenvalue weighted by Crippen LogP contribution is 2.18. The SMILES string of the molecule is O=C1NCCCCCCCCCCC1CC=Cc1ccccc1. The second kappa shape index (κ2) is 11.0. The van der Waals surface area contributed by atoms with Crippen molar-refractivity contribution >= 4 is 12.0 Å². The summed E-state index contributed by atoms with van der Waals surface area (Å²) in [5.74, 6) is 0.387. The summed E-state index contributed by atoms with van der Waals surface area (Å²) in [5, 5.41) is 3.15. The Bertz CT molecular complexity index is 466. The van der Waals surface area contributed by atoms with E-state index >= 15 is 0 Å². The molecule has 1 aliphatic rings. The van der Waals surface area contributed by atoms with Gasteiger partial charge >= 0.3 is 0 Å². The van der Waals surface area contributed by atoms with Crippen LogP contribution in [-0.4, -0.2) is 12.5 Å². The lowest BCUT2D eigenvalue weighted by Gasteiger charge is -2.15. The van der Waals surface area contributed by atoms with Crippen molar-refractivity contribution in [3.8, 4) is 0 Å². The van der Waals surface area contributed by atoms with Crippen molar-refractivity contribution in [1.82, 2.24) is 5.32 Å². The van der Waals surface area contributed by atoms with Crippen molar-refractivity contribution in [3.05, 3.63) is 42.0 Å². The number of hydrogen-bond acceptors (Lipinski definition) is 1. The highest BCUT2D eigenvalue weighted by Gasteiger charge is 2.16. The Balaban J connectivity index is 1.86. The fourth-order valence-corrected chi connectivity index (χ4v) is 3.22. The molecule has 2 rings (SSSR count). The fourth-order valence-electron chi connectivity index (χ4n) is 3.22. The van der Waals surface area contributed by atoms with Gasteiger partial charge in [0.1, 0.15) is 0 Å². The first-order valence-corrected chi connectivity index (χ1v) is 9.35. The van der Waals surface area contributed by atoms with Crippen LogP contribution < -0.4 is 5.32 Å². The van der Waals surface area contributed by atoms with Crippen molar-refractivity contribution in [2.75, 3.05) is 6.54 Å². The molecule has 0 saturated carbocycles. The molecule has 0 bridgehead atoms. The smallest absolute Gasteiger partial charge is 0.223 e. The monoisotopic (exact) mass is 313 g/mol. The van der Waals surface area contributed by atoms with Gasteiger partial charge in [-0.25, -0.2) is 0 Å². The summed E-state index contributed by atoms with van der Waals surface area (Å²) >= 11 is 0. The van der Waals surface area contributed by atoms with Crippen molar-refractivity contribution in [2.24, 2.45) is 5.92 Å². The molecule has 1 unspecified atom stereocenters. The van der Waals surface area contributed by atoms with Gasteiger partial charge in [-0.15, -0.1) is 0 Å². The molecule has 1 saturated heterocycles. The molecule has 1 aliphatic heterocycles. The first-order valence-electron chi connectivity index (χ1n) is 9.35. The van der Waals surface area contributed by atoms with Gasteiger partial charge in [0.05, 0.1) is 0 Å². The van der Waals surface area contributed by atoms with Crippen LogP contribution in [0.1, 0.15) is 69.8 Å². The van der Waals surface area contributed by atoms with E-state index in [1.165, 1.54) is 50.5 Å². The topological polar surface area (TPSA) is 29.1 Å². The number of carbonyl (C=O) groups is 1. The summed E-state index contributed by atoms with van der Waals surface area (Å²) in [4.78, 5) is 12.4. The maximum atomic E-state index is 12.4. The third kappa shape index (κ3) is 7.49. The van der Waals surface area contributed by atoms with E-state index in [1.807, 2.05) is 18.2 Å². The van der Waals surface area contributed by atoms with Crippen LogP contribution in [0.25, 0.3) is 6.08 Å². The molecule has 1 amide bonds. The molecule has 1 aromatic rings. The van der Waals surface area contributed by atoms with Crippen molar-refractivity contribution < 1.29 is 4.79 Å². The zero-order valence-electron chi connectivity index (χ0n) is 14.3. The zero-order chi connectivity index (χ0) is 16.2. The largest absolute Gasteiger partial charge is 0.356 e. The Morgan fingerprint density at radius 3 is 2.30 bits per heavy atom. The molecule has 1 heterocycles. The minimum absolute atomic E-state index is 0.135. The molecule has 2 heteroatoms. The molecule has 1 fully saturated rings. The second-order valence-electron chi connectivity index (χ2n) is 6.65. The van der Waals surface area contributed by atoms with E-state index < -0.39 is 0 Å². The van der Waals surface area contributed by atoms with Gasteiger partial charge < -0.3 is 5.32 Å². The Morgan fingerprint density at radius 2 is 1.57 bits per heavy atom. The highest BCUT2D eigenvalue weighted by molar-refractivity contribution is 5.78. The van der Waals surface area contributed by atoms with E-state index in [-0.39, 0.29) is 11.8 Å². The van der Waals surface area contributed by atoms with Crippen LogP contribution in [0, 0.1) is 5.92 Å². The number of hydrogen-bond donors (Lipinski definition) is 1. The highest BCUT2D eigenvalue weighted by atomic mass is 16.1. The van der Waals surface area contributed by atoms with Crippen LogP contribution in [0.15, 0.2) is 36.4 Å². The van der Waals surface area contributed by atoms with Gasteiger partial charge in [-0.3, -0.25) is 4.79 Å². The number of benzene rings is 1. The van der Waals surface area contributed by atoms with Gasteiger partial charge in [-0.1, -0.05) is 87.4 Å². The normalized spacial score (nSPS) is 21.9. The van der Waals surface area contributed by atoms with Crippen LogP contribution >= 0.6 is 0 Å². The summed E-state index contributed by atoms with van der Waals surface area (Å²) in [6.45, 7) is 0.845. The quantitative estimate of drug-likeness (QED) is 0.801. The Morgan fingerprint density at radius 1 is 0.913 bits per heavy atom. The molecule has 1 N–H and O–H groups in total. The molecule has 0 aromatic heterocycles. The second-order valence-corrected chi connectivity index (χ2v) is 6.65. The summed E-state index contributed by atoms with van der Waals surface area (Å²) in [7, 11) is 0. The summed E-state index contributed by atoms with van der Waals surface area (Å²) in [5.41, 5.74) is 1.21. The lowest BCUT2D eigenvalue weighted by molar-refractivity contribution is -0.125. The summed E-state index contributed by atoms with van der Waals surface area (Å²) in [6.07, 6.45) is 16.4. The average Bonchev–Trinajstić information content (AvgIpc) is 2.60. The first kappa shape index (κ1) is 17.8. The molecule has 0 radical (unpaired) electrons. The Labute approximate surface area is 141 Å². The van der Waals surface area contributed by atoms with Crippen LogP contribution in [0.4, 0.5) is 0 Å². The van der Waals surface area contributed by atoms with Crippen molar-refractivity contribution in [1.29, 1.82) is 0 Å². The molecule has 0 aliphatic carbocycles. The standard InChI is InChI=1S/C21H31NO/c23-21-20(17-12-15-19-13-8-7-9-14-19)16-10-5-3-1-2-4-6-11-18-22-21/h7-9,12-15,20H,1-6,10-11,16-18H2,(H,22,23). The van der Waals surface area contributed by atoms with Crippen molar-refractivity contribution in [2.45, 2.75) is 64.2 Å². The summed E-state index contributed by atoms with van der Waals surface area (Å²) in [6, 6.07) is 10.3. The molecule has 1 aromatic carbocycles. The van der Waals surface area contributed by atoms with E-state index in [1.54, 1.807) is 0 Å². The maximum Gasteiger partial charge on any atom is 0.223 e. The van der Waals surface area contributed by atoms with E-state index in [0.29, 0.717) is 0 Å². The number of amides is 1. The molecule has 0 spiro atoms. The molecular weight excluding hydrogens is 282 g/mol. The summed E-state index contributed by atoms with van der Waals surface area (Å²) < 4.78 is 0.